The van der Waals surface area contributed by atoms with E-state index in [4.69, 9.17) is 18.8 Å². The van der Waals surface area contributed by atoms with Gasteiger partial charge in [-0.25, -0.2) is 0 Å². The molecule has 1 radical (unpaired) electrons. The van der Waals surface area contributed by atoms with Gasteiger partial charge in [0.05, 0.1) is 6.61 Å². The molecule has 0 aromatic rings. The molecule has 1 saturated heterocycles. The van der Waals surface area contributed by atoms with E-state index in [9.17, 15) is 33.6 Å². The minimum Gasteiger partial charge on any atom is -0.463 e. The van der Waals surface area contributed by atoms with Crippen LogP contribution in [0, 0.1) is 0 Å². The third-order valence-electron chi connectivity index (χ3n) is 6.58. The zero-order valence-electron chi connectivity index (χ0n) is 24.2. The van der Waals surface area contributed by atoms with Crippen LogP contribution in [-0.4, -0.2) is 125 Å². The summed E-state index contributed by atoms with van der Waals surface area (Å²) < 4.78 is 46.4. The van der Waals surface area contributed by atoms with Crippen molar-refractivity contribution < 1.29 is 52.4 Å². The number of unbranched alkanes of at least 4 members (excludes halogenated alkanes) is 11. The molecule has 13 heteroatoms. The SMILES string of the molecule is CCCCCCCC/C=C\CCCCCCCC(=O)OCC(O)CO[C@H]1O[C@H](CS(=O)(=O)O)[C@@H](O)[C@H](O)[C@H]1O.[Na]. The predicted molar refractivity (Wildman–Crippen MR) is 151 cm³/mol. The van der Waals surface area contributed by atoms with E-state index in [0.717, 1.165) is 38.5 Å². The zero-order valence-corrected chi connectivity index (χ0v) is 27.0. The van der Waals surface area contributed by atoms with Crippen LogP contribution in [0.3, 0.4) is 0 Å². The molecule has 0 saturated carbocycles. The van der Waals surface area contributed by atoms with Crippen molar-refractivity contribution in [2.45, 2.75) is 134 Å². The van der Waals surface area contributed by atoms with Crippen LogP contribution < -0.4 is 0 Å². The van der Waals surface area contributed by atoms with Crippen LogP contribution in [0.5, 0.6) is 0 Å². The second-order valence-corrected chi connectivity index (χ2v) is 11.8. The van der Waals surface area contributed by atoms with Crippen molar-refractivity contribution in [1.29, 1.82) is 0 Å². The molecule has 1 rings (SSSR count). The maximum Gasteiger partial charge on any atom is 0.305 e. The van der Waals surface area contributed by atoms with Crippen LogP contribution in [0.15, 0.2) is 12.2 Å². The molecule has 1 unspecified atom stereocenters. The van der Waals surface area contributed by atoms with Gasteiger partial charge in [-0.15, -0.1) is 0 Å². The van der Waals surface area contributed by atoms with Crippen molar-refractivity contribution in [2.24, 2.45) is 0 Å². The molecule has 1 fully saturated rings. The molecule has 0 aliphatic carbocycles. The van der Waals surface area contributed by atoms with E-state index in [1.165, 1.54) is 38.5 Å². The minimum absolute atomic E-state index is 0. The van der Waals surface area contributed by atoms with Crippen LogP contribution in [0.1, 0.15) is 96.8 Å². The van der Waals surface area contributed by atoms with Gasteiger partial charge >= 0.3 is 5.97 Å². The van der Waals surface area contributed by atoms with Crippen molar-refractivity contribution in [2.75, 3.05) is 19.0 Å². The molecule has 231 valence electrons. The number of carbonyl (C=O) groups is 1. The Labute approximate surface area is 261 Å². The van der Waals surface area contributed by atoms with Gasteiger partial charge in [-0.3, -0.25) is 9.35 Å². The molecule has 40 heavy (non-hydrogen) atoms. The Bertz CT molecular complexity index is 780. The summed E-state index contributed by atoms with van der Waals surface area (Å²) in [4.78, 5) is 11.9. The van der Waals surface area contributed by atoms with Gasteiger partial charge in [-0.1, -0.05) is 70.4 Å². The molecule has 1 aliphatic rings. The number of hydrogen-bond acceptors (Lipinski definition) is 10. The van der Waals surface area contributed by atoms with Crippen molar-refractivity contribution >= 4 is 45.6 Å². The van der Waals surface area contributed by atoms with Gasteiger partial charge in [-0.2, -0.15) is 8.42 Å². The Morgan fingerprint density at radius 3 is 1.98 bits per heavy atom. The second kappa shape index (κ2) is 23.3. The Kier molecular flexibility index (Phi) is 23.3. The molecule has 0 spiro atoms. The molecule has 1 heterocycles. The third kappa shape index (κ3) is 19.1. The van der Waals surface area contributed by atoms with E-state index >= 15 is 0 Å². The van der Waals surface area contributed by atoms with E-state index < -0.39 is 65.3 Å². The summed E-state index contributed by atoms with van der Waals surface area (Å²) in [6, 6.07) is 0. The van der Waals surface area contributed by atoms with Gasteiger partial charge in [0.2, 0.25) is 0 Å². The normalized spacial score (nSPS) is 24.1. The number of allylic oxidation sites excluding steroid dienone is 2. The van der Waals surface area contributed by atoms with E-state index in [0.29, 0.717) is 6.42 Å². The largest absolute Gasteiger partial charge is 0.463 e. The standard InChI is InChI=1S/C27H50O11S.Na/c1-2-3-4-5-6-7-8-9-10-11-12-13-14-15-16-17-23(29)36-18-21(28)19-37-27-26(32)25(31)24(30)22(38-27)20-39(33,34)35;/h9-10,21-22,24-28,30-32H,2-8,11-20H2,1H3,(H,33,34,35);/b10-9-;/t21?,22-,24-,25+,26-,27+;/m1./s1. The van der Waals surface area contributed by atoms with Crippen LogP contribution in [0.25, 0.3) is 0 Å². The van der Waals surface area contributed by atoms with Gasteiger partial charge < -0.3 is 34.6 Å². The maximum absolute atomic E-state index is 11.9. The molecule has 1 aliphatic heterocycles. The first-order valence-electron chi connectivity index (χ1n) is 14.3. The average molecular weight is 606 g/mol. The van der Waals surface area contributed by atoms with Gasteiger partial charge in [0.1, 0.15) is 42.9 Å². The fourth-order valence-electron chi connectivity index (χ4n) is 4.25. The van der Waals surface area contributed by atoms with Gasteiger partial charge in [0, 0.05) is 36.0 Å². The van der Waals surface area contributed by atoms with E-state index in [-0.39, 0.29) is 42.6 Å². The summed E-state index contributed by atoms with van der Waals surface area (Å²) in [5, 5.41) is 39.7. The van der Waals surface area contributed by atoms with Crippen LogP contribution >= 0.6 is 0 Å². The first-order valence-corrected chi connectivity index (χ1v) is 15.9. The van der Waals surface area contributed by atoms with Crippen LogP contribution in [0.4, 0.5) is 0 Å². The number of hydrogen-bond donors (Lipinski definition) is 5. The number of esters is 1. The molecule has 5 N–H and O–H groups in total. The minimum atomic E-state index is -4.54. The van der Waals surface area contributed by atoms with E-state index in [1.807, 2.05) is 0 Å². The number of aliphatic hydroxyl groups is 4. The fourth-order valence-corrected chi connectivity index (χ4v) is 4.95. The van der Waals surface area contributed by atoms with Gasteiger partial charge in [0.25, 0.3) is 10.1 Å². The summed E-state index contributed by atoms with van der Waals surface area (Å²) in [5.74, 6) is -1.47. The number of ether oxygens (including phenoxy) is 3. The van der Waals surface area contributed by atoms with Crippen LogP contribution in [-0.2, 0) is 29.1 Å². The third-order valence-corrected chi connectivity index (χ3v) is 7.33. The molecule has 6 atom stereocenters. The Morgan fingerprint density at radius 1 is 0.850 bits per heavy atom. The fraction of sp³-hybridized carbons (Fsp3) is 0.889. The number of rotatable bonds is 22. The summed E-state index contributed by atoms with van der Waals surface area (Å²) >= 11 is 0. The molecular weight excluding hydrogens is 555 g/mol. The average Bonchev–Trinajstić information content (AvgIpc) is 2.88. The van der Waals surface area contributed by atoms with Crippen LogP contribution in [0.2, 0.25) is 0 Å². The smallest absolute Gasteiger partial charge is 0.305 e. The molecule has 0 bridgehead atoms. The molecule has 0 aromatic heterocycles. The van der Waals surface area contributed by atoms with Gasteiger partial charge in [-0.05, 0) is 32.1 Å². The predicted octanol–water partition coefficient (Wildman–Crippen LogP) is 2.26. The first kappa shape index (κ1) is 39.9. The van der Waals surface area contributed by atoms with E-state index in [1.54, 1.807) is 0 Å². The molecule has 0 aromatic carbocycles. The number of carbonyl (C=O) groups excluding carboxylic acids is 1. The van der Waals surface area contributed by atoms with Crippen molar-refractivity contribution in [1.82, 2.24) is 0 Å². The Morgan fingerprint density at radius 2 is 1.40 bits per heavy atom. The first-order chi connectivity index (χ1) is 18.5. The Hall–Kier alpha value is -0.120. The topological polar surface area (TPSA) is 180 Å². The summed E-state index contributed by atoms with van der Waals surface area (Å²) in [7, 11) is -4.54. The van der Waals surface area contributed by atoms with Crippen molar-refractivity contribution in [3.63, 3.8) is 0 Å². The number of aliphatic hydroxyl groups excluding tert-OH is 4. The monoisotopic (exact) mass is 605 g/mol. The zero-order chi connectivity index (χ0) is 29.1. The van der Waals surface area contributed by atoms with E-state index in [2.05, 4.69) is 19.1 Å². The summed E-state index contributed by atoms with van der Waals surface area (Å²) in [5.41, 5.74) is 0. The molecule has 11 nitrogen and oxygen atoms in total. The Balaban J connectivity index is 0.0000152. The van der Waals surface area contributed by atoms with Crippen molar-refractivity contribution in [3.05, 3.63) is 12.2 Å². The summed E-state index contributed by atoms with van der Waals surface area (Å²) in [6.45, 7) is 1.42. The summed E-state index contributed by atoms with van der Waals surface area (Å²) in [6.07, 6.45) is 10.1. The quantitative estimate of drug-likeness (QED) is 0.0402. The van der Waals surface area contributed by atoms with Gasteiger partial charge in [0.15, 0.2) is 6.29 Å². The second-order valence-electron chi connectivity index (χ2n) is 10.3. The molecule has 0 amide bonds. The molecular formula is C27H50NaO11S. The van der Waals surface area contributed by atoms with Crippen molar-refractivity contribution in [3.8, 4) is 0 Å². The maximum atomic E-state index is 11.9.